The number of likely N-dealkylation sites (tertiary alicyclic amines) is 1. The molecule has 2 heterocycles. The van der Waals surface area contributed by atoms with E-state index in [0.29, 0.717) is 23.7 Å². The number of likely N-dealkylation sites (N-methyl/N-ethyl adjacent to an activating group) is 1. The number of hydrogen-bond donors (Lipinski definition) is 0. The number of imide groups is 1. The second-order valence-corrected chi connectivity index (χ2v) is 7.46. The van der Waals surface area contributed by atoms with Gasteiger partial charge in [-0.15, -0.1) is 0 Å². The summed E-state index contributed by atoms with van der Waals surface area (Å²) in [6, 6.07) is 7.49. The lowest BCUT2D eigenvalue weighted by Crippen LogP contribution is -2.39. The molecular weight excluding hydrogens is 328 g/mol. The monoisotopic (exact) mass is 356 g/mol. The molecule has 0 radical (unpaired) electrons. The van der Waals surface area contributed by atoms with Crippen molar-refractivity contribution in [1.82, 2.24) is 9.80 Å². The van der Waals surface area contributed by atoms with Crippen molar-refractivity contribution >= 4 is 17.4 Å². The SMILES string of the molecule is CCN1C(=O)C(c2ccc(OC(C)C)cc2)=C(N2CCCC(C)C2)C1=O. The molecule has 0 N–H and O–H groups in total. The number of hydrogen-bond acceptors (Lipinski definition) is 4. The van der Waals surface area contributed by atoms with Gasteiger partial charge in [0, 0.05) is 19.6 Å². The molecule has 0 aromatic heterocycles. The molecule has 1 atom stereocenters. The van der Waals surface area contributed by atoms with Gasteiger partial charge in [-0.25, -0.2) is 0 Å². The molecule has 2 aliphatic rings. The third kappa shape index (κ3) is 3.48. The third-order valence-electron chi connectivity index (χ3n) is 4.95. The van der Waals surface area contributed by atoms with Gasteiger partial charge in [-0.2, -0.15) is 0 Å². The van der Waals surface area contributed by atoms with Crippen LogP contribution in [-0.2, 0) is 9.59 Å². The van der Waals surface area contributed by atoms with Gasteiger partial charge in [-0.05, 0) is 57.2 Å². The Labute approximate surface area is 155 Å². The molecule has 3 rings (SSSR count). The summed E-state index contributed by atoms with van der Waals surface area (Å²) in [7, 11) is 0. The minimum absolute atomic E-state index is 0.0933. The molecule has 0 bridgehead atoms. The van der Waals surface area contributed by atoms with E-state index in [0.717, 1.165) is 30.8 Å². The Bertz CT molecular complexity index is 721. The molecule has 2 amide bonds. The fourth-order valence-electron chi connectivity index (χ4n) is 3.77. The van der Waals surface area contributed by atoms with Crippen molar-refractivity contribution in [2.75, 3.05) is 19.6 Å². The standard InChI is InChI=1S/C21H28N2O3/c1-5-23-20(24)18(16-8-10-17(11-9-16)26-14(2)3)19(21(23)25)22-12-6-7-15(4)13-22/h8-11,14-15H,5-7,12-13H2,1-4H3. The highest BCUT2D eigenvalue weighted by atomic mass is 16.5. The summed E-state index contributed by atoms with van der Waals surface area (Å²) in [5, 5.41) is 0. The minimum atomic E-state index is -0.191. The third-order valence-corrected chi connectivity index (χ3v) is 4.95. The first kappa shape index (κ1) is 18.5. The predicted molar refractivity (Wildman–Crippen MR) is 101 cm³/mol. The zero-order valence-corrected chi connectivity index (χ0v) is 16.1. The summed E-state index contributed by atoms with van der Waals surface area (Å²) >= 11 is 0. The van der Waals surface area contributed by atoms with Gasteiger partial charge in [0.15, 0.2) is 0 Å². The van der Waals surface area contributed by atoms with Gasteiger partial charge in [-0.1, -0.05) is 19.1 Å². The van der Waals surface area contributed by atoms with Crippen LogP contribution in [0.3, 0.4) is 0 Å². The molecule has 0 aliphatic carbocycles. The lowest BCUT2D eigenvalue weighted by atomic mass is 9.97. The molecule has 5 nitrogen and oxygen atoms in total. The number of carbonyl (C=O) groups excluding carboxylic acids is 2. The van der Waals surface area contributed by atoms with E-state index < -0.39 is 0 Å². The first-order chi connectivity index (χ1) is 12.4. The lowest BCUT2D eigenvalue weighted by Gasteiger charge is -2.33. The minimum Gasteiger partial charge on any atom is -0.491 e. The molecule has 1 fully saturated rings. The molecule has 1 unspecified atom stereocenters. The molecule has 1 saturated heterocycles. The number of rotatable bonds is 5. The van der Waals surface area contributed by atoms with Crippen LogP contribution in [0.1, 0.15) is 46.1 Å². The summed E-state index contributed by atoms with van der Waals surface area (Å²) in [5.74, 6) is 0.937. The fourth-order valence-corrected chi connectivity index (χ4v) is 3.77. The normalized spacial score (nSPS) is 21.2. The maximum Gasteiger partial charge on any atom is 0.277 e. The van der Waals surface area contributed by atoms with Crippen molar-refractivity contribution in [2.45, 2.75) is 46.6 Å². The number of benzene rings is 1. The summed E-state index contributed by atoms with van der Waals surface area (Å²) in [4.78, 5) is 29.3. The van der Waals surface area contributed by atoms with Crippen molar-refractivity contribution in [3.63, 3.8) is 0 Å². The van der Waals surface area contributed by atoms with E-state index in [4.69, 9.17) is 4.74 Å². The number of ether oxygens (including phenoxy) is 1. The van der Waals surface area contributed by atoms with Gasteiger partial charge < -0.3 is 9.64 Å². The Balaban J connectivity index is 2.00. The van der Waals surface area contributed by atoms with Crippen LogP contribution in [0.15, 0.2) is 30.0 Å². The molecular formula is C21H28N2O3. The Hall–Kier alpha value is -2.30. The zero-order valence-electron chi connectivity index (χ0n) is 16.1. The topological polar surface area (TPSA) is 49.9 Å². The van der Waals surface area contributed by atoms with Gasteiger partial charge >= 0.3 is 0 Å². The molecule has 1 aromatic rings. The average molecular weight is 356 g/mol. The van der Waals surface area contributed by atoms with Gasteiger partial charge in [0.2, 0.25) is 0 Å². The second kappa shape index (κ2) is 7.52. The predicted octanol–water partition coefficient (Wildman–Crippen LogP) is 3.31. The van der Waals surface area contributed by atoms with Crippen LogP contribution >= 0.6 is 0 Å². The number of piperidine rings is 1. The Kier molecular flexibility index (Phi) is 5.35. The Morgan fingerprint density at radius 1 is 1.15 bits per heavy atom. The molecule has 1 aromatic carbocycles. The number of carbonyl (C=O) groups is 2. The first-order valence-corrected chi connectivity index (χ1v) is 9.54. The van der Waals surface area contributed by atoms with Gasteiger partial charge in [-0.3, -0.25) is 14.5 Å². The van der Waals surface area contributed by atoms with E-state index in [1.807, 2.05) is 45.0 Å². The maximum atomic E-state index is 12.9. The van der Waals surface area contributed by atoms with Crippen molar-refractivity contribution in [3.8, 4) is 5.75 Å². The summed E-state index contributed by atoms with van der Waals surface area (Å²) in [6.07, 6.45) is 2.31. The highest BCUT2D eigenvalue weighted by Crippen LogP contribution is 2.34. The van der Waals surface area contributed by atoms with Gasteiger partial charge in [0.05, 0.1) is 11.7 Å². The smallest absolute Gasteiger partial charge is 0.277 e. The fraction of sp³-hybridized carbons (Fsp3) is 0.524. The van der Waals surface area contributed by atoms with E-state index >= 15 is 0 Å². The van der Waals surface area contributed by atoms with E-state index in [2.05, 4.69) is 11.8 Å². The molecule has 140 valence electrons. The van der Waals surface area contributed by atoms with Crippen molar-refractivity contribution in [2.24, 2.45) is 5.92 Å². The summed E-state index contributed by atoms with van der Waals surface area (Å²) < 4.78 is 5.69. The van der Waals surface area contributed by atoms with Crippen LogP contribution in [0.4, 0.5) is 0 Å². The van der Waals surface area contributed by atoms with Crippen molar-refractivity contribution in [1.29, 1.82) is 0 Å². The molecule has 0 saturated carbocycles. The van der Waals surface area contributed by atoms with E-state index in [-0.39, 0.29) is 17.9 Å². The number of amides is 2. The quantitative estimate of drug-likeness (QED) is 0.760. The largest absolute Gasteiger partial charge is 0.491 e. The maximum absolute atomic E-state index is 12.9. The Morgan fingerprint density at radius 2 is 1.85 bits per heavy atom. The van der Waals surface area contributed by atoms with Crippen LogP contribution < -0.4 is 4.74 Å². The summed E-state index contributed by atoms with van der Waals surface area (Å²) in [6.45, 7) is 10.0. The van der Waals surface area contributed by atoms with Crippen LogP contribution in [0.2, 0.25) is 0 Å². The van der Waals surface area contributed by atoms with Gasteiger partial charge in [0.25, 0.3) is 11.8 Å². The molecule has 26 heavy (non-hydrogen) atoms. The van der Waals surface area contributed by atoms with Crippen LogP contribution in [0, 0.1) is 5.92 Å². The van der Waals surface area contributed by atoms with Crippen molar-refractivity contribution < 1.29 is 14.3 Å². The first-order valence-electron chi connectivity index (χ1n) is 9.54. The molecule has 2 aliphatic heterocycles. The van der Waals surface area contributed by atoms with Crippen molar-refractivity contribution in [3.05, 3.63) is 35.5 Å². The van der Waals surface area contributed by atoms with Crippen LogP contribution in [0.5, 0.6) is 5.75 Å². The van der Waals surface area contributed by atoms with Crippen LogP contribution in [-0.4, -0.2) is 47.4 Å². The highest BCUT2D eigenvalue weighted by Gasteiger charge is 2.41. The zero-order chi connectivity index (χ0) is 18.8. The Morgan fingerprint density at radius 3 is 2.42 bits per heavy atom. The summed E-state index contributed by atoms with van der Waals surface area (Å²) in [5.41, 5.74) is 1.88. The highest BCUT2D eigenvalue weighted by molar-refractivity contribution is 6.35. The van der Waals surface area contributed by atoms with Crippen LogP contribution in [0.25, 0.3) is 5.57 Å². The van der Waals surface area contributed by atoms with Gasteiger partial charge in [0.1, 0.15) is 11.4 Å². The second-order valence-electron chi connectivity index (χ2n) is 7.46. The van der Waals surface area contributed by atoms with E-state index in [9.17, 15) is 9.59 Å². The molecule has 5 heteroatoms. The van der Waals surface area contributed by atoms with E-state index in [1.165, 1.54) is 11.3 Å². The average Bonchev–Trinajstić information content (AvgIpc) is 2.85. The van der Waals surface area contributed by atoms with E-state index in [1.54, 1.807) is 0 Å². The number of nitrogens with zero attached hydrogens (tertiary/aromatic N) is 2. The lowest BCUT2D eigenvalue weighted by molar-refractivity contribution is -0.137. The molecule has 0 spiro atoms.